The van der Waals surface area contributed by atoms with Crippen molar-refractivity contribution >= 4 is 5.91 Å². The van der Waals surface area contributed by atoms with Crippen molar-refractivity contribution in [3.8, 4) is 11.3 Å². The lowest BCUT2D eigenvalue weighted by atomic mass is 9.79. The third kappa shape index (κ3) is 4.24. The zero-order chi connectivity index (χ0) is 19.5. The number of rotatable bonds is 5. The molecule has 2 aromatic heterocycles. The number of aromatic nitrogens is 3. The van der Waals surface area contributed by atoms with Crippen molar-refractivity contribution in [3.63, 3.8) is 0 Å². The molecule has 7 nitrogen and oxygen atoms in total. The molecule has 1 saturated carbocycles. The van der Waals surface area contributed by atoms with Gasteiger partial charge in [-0.3, -0.25) is 4.79 Å². The number of hydrogen-bond acceptors (Lipinski definition) is 6. The van der Waals surface area contributed by atoms with E-state index in [-0.39, 0.29) is 12.0 Å². The maximum absolute atomic E-state index is 12.1. The summed E-state index contributed by atoms with van der Waals surface area (Å²) < 4.78 is 10.9. The Labute approximate surface area is 165 Å². The van der Waals surface area contributed by atoms with Crippen LogP contribution in [0.4, 0.5) is 0 Å². The van der Waals surface area contributed by atoms with E-state index in [2.05, 4.69) is 15.5 Å². The molecule has 2 aliphatic rings. The van der Waals surface area contributed by atoms with E-state index in [0.717, 1.165) is 73.6 Å². The topological polar surface area (TPSA) is 90.1 Å². The predicted molar refractivity (Wildman–Crippen MR) is 104 cm³/mol. The molecule has 1 atom stereocenters. The van der Waals surface area contributed by atoms with Gasteiger partial charge in [0.25, 0.3) is 0 Å². The smallest absolute Gasteiger partial charge is 0.249 e. The largest absolute Gasteiger partial charge is 0.368 e. The van der Waals surface area contributed by atoms with E-state index in [9.17, 15) is 4.79 Å². The number of aryl methyl sites for hydroxylation is 2. The van der Waals surface area contributed by atoms with Crippen molar-refractivity contribution in [1.82, 2.24) is 20.4 Å². The summed E-state index contributed by atoms with van der Waals surface area (Å²) in [6.07, 6.45) is 7.69. The summed E-state index contributed by atoms with van der Waals surface area (Å²) in [5.41, 5.74) is 2.86. The number of carbonyl (C=O) groups excluding carboxylic acids is 1. The molecule has 1 saturated heterocycles. The highest BCUT2D eigenvalue weighted by molar-refractivity contribution is 5.80. The van der Waals surface area contributed by atoms with Crippen LogP contribution in [0.3, 0.4) is 0 Å². The molecule has 1 aliphatic heterocycles. The molecule has 2 aromatic rings. The van der Waals surface area contributed by atoms with Crippen molar-refractivity contribution in [3.05, 3.63) is 29.5 Å². The number of nitrogens with zero attached hydrogens (tertiary/aromatic N) is 3. The Hall–Kier alpha value is -2.28. The predicted octanol–water partition coefficient (Wildman–Crippen LogP) is 3.32. The van der Waals surface area contributed by atoms with Crippen LogP contribution in [0, 0.1) is 19.8 Å². The molecule has 4 rings (SSSR count). The molecule has 0 bridgehead atoms. The zero-order valence-electron chi connectivity index (χ0n) is 16.6. The second-order valence-corrected chi connectivity index (χ2v) is 8.01. The molecule has 0 spiro atoms. The minimum Gasteiger partial charge on any atom is -0.368 e. The van der Waals surface area contributed by atoms with Gasteiger partial charge in [0.05, 0.1) is 17.0 Å². The van der Waals surface area contributed by atoms with Gasteiger partial charge in [0.15, 0.2) is 5.76 Å². The summed E-state index contributed by atoms with van der Waals surface area (Å²) in [5, 5.41) is 7.09. The van der Waals surface area contributed by atoms with E-state index in [1.807, 2.05) is 26.1 Å². The molecule has 3 heterocycles. The second kappa shape index (κ2) is 8.39. The van der Waals surface area contributed by atoms with Gasteiger partial charge >= 0.3 is 0 Å². The number of ether oxygens (including phenoxy) is 1. The molecule has 0 aromatic carbocycles. The van der Waals surface area contributed by atoms with E-state index < -0.39 is 0 Å². The zero-order valence-corrected chi connectivity index (χ0v) is 16.6. The molecule has 1 N–H and O–H groups in total. The fraction of sp³-hybridized carbons (Fsp3) is 0.619. The maximum Gasteiger partial charge on any atom is 0.249 e. The van der Waals surface area contributed by atoms with Crippen molar-refractivity contribution in [1.29, 1.82) is 0 Å². The summed E-state index contributed by atoms with van der Waals surface area (Å²) in [5.74, 6) is 2.46. The summed E-state index contributed by atoms with van der Waals surface area (Å²) in [4.78, 5) is 21.3. The van der Waals surface area contributed by atoms with Crippen molar-refractivity contribution in [2.24, 2.45) is 5.92 Å². The van der Waals surface area contributed by atoms with E-state index >= 15 is 0 Å². The van der Waals surface area contributed by atoms with E-state index in [0.29, 0.717) is 18.4 Å². The molecule has 0 radical (unpaired) electrons. The number of carbonyl (C=O) groups is 1. The average molecular weight is 384 g/mol. The van der Waals surface area contributed by atoms with Crippen LogP contribution in [0.2, 0.25) is 0 Å². The molecule has 28 heavy (non-hydrogen) atoms. The van der Waals surface area contributed by atoms with Gasteiger partial charge in [-0.2, -0.15) is 0 Å². The lowest BCUT2D eigenvalue weighted by Crippen LogP contribution is -2.37. The summed E-state index contributed by atoms with van der Waals surface area (Å²) >= 11 is 0. The quantitative estimate of drug-likeness (QED) is 0.850. The maximum atomic E-state index is 12.1. The van der Waals surface area contributed by atoms with Crippen molar-refractivity contribution in [2.45, 2.75) is 64.4 Å². The first-order valence-electron chi connectivity index (χ1n) is 10.3. The molecule has 1 aliphatic carbocycles. The molecule has 2 fully saturated rings. The van der Waals surface area contributed by atoms with Gasteiger partial charge in [0.2, 0.25) is 5.91 Å². The molecule has 150 valence electrons. The van der Waals surface area contributed by atoms with Crippen LogP contribution in [0.15, 0.2) is 16.8 Å². The van der Waals surface area contributed by atoms with Gasteiger partial charge in [0.1, 0.15) is 11.9 Å². The van der Waals surface area contributed by atoms with Crippen molar-refractivity contribution in [2.75, 3.05) is 13.2 Å². The highest BCUT2D eigenvalue weighted by Gasteiger charge is 2.28. The van der Waals surface area contributed by atoms with E-state index in [1.165, 1.54) is 0 Å². The second-order valence-electron chi connectivity index (χ2n) is 8.01. The minimum absolute atomic E-state index is 0.0500. The third-order valence-electron chi connectivity index (χ3n) is 5.85. The Morgan fingerprint density at radius 2 is 2.04 bits per heavy atom. The van der Waals surface area contributed by atoms with Crippen LogP contribution >= 0.6 is 0 Å². The highest BCUT2D eigenvalue weighted by Crippen LogP contribution is 2.38. The van der Waals surface area contributed by atoms with Crippen LogP contribution in [-0.2, 0) is 9.53 Å². The van der Waals surface area contributed by atoms with Crippen LogP contribution < -0.4 is 5.32 Å². The molecule has 7 heteroatoms. The van der Waals surface area contributed by atoms with Gasteiger partial charge in [-0.15, -0.1) is 0 Å². The molecule has 1 unspecified atom stereocenters. The van der Waals surface area contributed by atoms with Crippen LogP contribution in [0.5, 0.6) is 0 Å². The first kappa shape index (κ1) is 19.1. The van der Waals surface area contributed by atoms with E-state index in [4.69, 9.17) is 14.2 Å². The highest BCUT2D eigenvalue weighted by atomic mass is 16.5. The molecular formula is C21H28N4O3. The SMILES string of the molecule is Cc1cc(-c2cnc(C)nc2C2CCC(CNC(=O)C3CCCO3)CC2)on1. The normalized spacial score (nSPS) is 25.0. The van der Waals surface area contributed by atoms with Crippen molar-refractivity contribution < 1.29 is 14.1 Å². The average Bonchev–Trinajstić information content (AvgIpc) is 3.38. The Bertz CT molecular complexity index is 821. The summed E-state index contributed by atoms with van der Waals surface area (Å²) in [7, 11) is 0. The fourth-order valence-electron chi connectivity index (χ4n) is 4.26. The van der Waals surface area contributed by atoms with Gasteiger partial charge < -0.3 is 14.6 Å². The monoisotopic (exact) mass is 384 g/mol. The fourth-order valence-corrected chi connectivity index (χ4v) is 4.26. The Morgan fingerprint density at radius 3 is 2.71 bits per heavy atom. The lowest BCUT2D eigenvalue weighted by Gasteiger charge is -2.29. The van der Waals surface area contributed by atoms with Gasteiger partial charge in [-0.25, -0.2) is 9.97 Å². The summed E-state index contributed by atoms with van der Waals surface area (Å²) in [6, 6.07) is 1.93. The van der Waals surface area contributed by atoms with Crippen LogP contribution in [0.1, 0.15) is 61.7 Å². The molecule has 1 amide bonds. The Kier molecular flexibility index (Phi) is 5.71. The van der Waals surface area contributed by atoms with E-state index in [1.54, 1.807) is 0 Å². The van der Waals surface area contributed by atoms with Gasteiger partial charge in [-0.05, 0) is 58.3 Å². The standard InChI is InChI=1S/C21H28N4O3/c1-13-10-19(28-25-13)17-12-22-14(2)24-20(17)16-7-5-15(6-8-16)11-23-21(26)18-4-3-9-27-18/h10,12,15-16,18H,3-9,11H2,1-2H3,(H,23,26). The Balaban J connectivity index is 1.37. The minimum atomic E-state index is -0.242. The first-order chi connectivity index (χ1) is 13.6. The lowest BCUT2D eigenvalue weighted by molar-refractivity contribution is -0.130. The number of amides is 1. The first-order valence-corrected chi connectivity index (χ1v) is 10.3. The number of nitrogens with one attached hydrogen (secondary N) is 1. The summed E-state index contributed by atoms with van der Waals surface area (Å²) in [6.45, 7) is 5.28. The van der Waals surface area contributed by atoms with Gasteiger partial charge in [-0.1, -0.05) is 5.16 Å². The van der Waals surface area contributed by atoms with Gasteiger partial charge in [0, 0.05) is 31.3 Å². The third-order valence-corrected chi connectivity index (χ3v) is 5.85. The molecular weight excluding hydrogens is 356 g/mol. The number of hydrogen-bond donors (Lipinski definition) is 1. The van der Waals surface area contributed by atoms with Crippen LogP contribution in [-0.4, -0.2) is 40.3 Å². The Morgan fingerprint density at radius 1 is 1.21 bits per heavy atom. The van der Waals surface area contributed by atoms with Crippen LogP contribution in [0.25, 0.3) is 11.3 Å².